The number of alkyl halides is 3. The molecule has 1 fully saturated rings. The summed E-state index contributed by atoms with van der Waals surface area (Å²) in [7, 11) is 0. The maximum atomic E-state index is 12.1. The highest BCUT2D eigenvalue weighted by Gasteiger charge is 2.32. The maximum absolute atomic E-state index is 12.1. The van der Waals surface area contributed by atoms with Crippen LogP contribution in [0.1, 0.15) is 12.8 Å². The number of hydrogen-bond donors (Lipinski definition) is 1. The molecular weight excluding hydrogens is 261 g/mol. The van der Waals surface area contributed by atoms with Gasteiger partial charge in [-0.1, -0.05) is 6.07 Å². The zero-order valence-corrected chi connectivity index (χ0v) is 9.98. The Labute approximate surface area is 107 Å². The number of carbonyl (C=O) groups excluding carboxylic acids is 1. The van der Waals surface area contributed by atoms with Crippen molar-refractivity contribution in [3.8, 4) is 5.75 Å². The number of benzene rings is 1. The molecular formula is C12H13F3N2O2. The van der Waals surface area contributed by atoms with Crippen molar-refractivity contribution in [2.24, 2.45) is 5.73 Å². The SMILES string of the molecule is NC(=O)C1CCCN1c1cccc(OC(F)(F)F)c1. The number of ether oxygens (including phenoxy) is 1. The molecule has 0 aliphatic carbocycles. The van der Waals surface area contributed by atoms with E-state index >= 15 is 0 Å². The molecule has 0 aromatic heterocycles. The summed E-state index contributed by atoms with van der Waals surface area (Å²) in [5.41, 5.74) is 5.78. The molecule has 104 valence electrons. The quantitative estimate of drug-likeness (QED) is 0.917. The van der Waals surface area contributed by atoms with Crippen LogP contribution in [-0.2, 0) is 4.79 Å². The highest BCUT2D eigenvalue weighted by atomic mass is 19.4. The van der Waals surface area contributed by atoms with Gasteiger partial charge in [0.1, 0.15) is 11.8 Å². The summed E-state index contributed by atoms with van der Waals surface area (Å²) in [6.07, 6.45) is -3.34. The number of anilines is 1. The highest BCUT2D eigenvalue weighted by Crippen LogP contribution is 2.30. The molecule has 1 unspecified atom stereocenters. The summed E-state index contributed by atoms with van der Waals surface area (Å²) < 4.78 is 40.3. The lowest BCUT2D eigenvalue weighted by molar-refractivity contribution is -0.274. The van der Waals surface area contributed by atoms with Crippen LogP contribution >= 0.6 is 0 Å². The number of nitrogens with two attached hydrogens (primary N) is 1. The number of rotatable bonds is 3. The van der Waals surface area contributed by atoms with Crippen LogP contribution in [0, 0.1) is 0 Å². The van der Waals surface area contributed by atoms with Gasteiger partial charge in [-0.05, 0) is 25.0 Å². The summed E-state index contributed by atoms with van der Waals surface area (Å²) in [5.74, 6) is -0.778. The lowest BCUT2D eigenvalue weighted by atomic mass is 10.2. The molecule has 0 saturated carbocycles. The first-order valence-corrected chi connectivity index (χ1v) is 5.78. The van der Waals surface area contributed by atoms with E-state index in [0.717, 1.165) is 6.42 Å². The van der Waals surface area contributed by atoms with E-state index in [1.54, 1.807) is 11.0 Å². The molecule has 1 aromatic carbocycles. The van der Waals surface area contributed by atoms with Gasteiger partial charge in [-0.3, -0.25) is 4.79 Å². The van der Waals surface area contributed by atoms with Crippen LogP contribution in [0.15, 0.2) is 24.3 Å². The Bertz CT molecular complexity index is 476. The third-order valence-corrected chi connectivity index (χ3v) is 2.96. The van der Waals surface area contributed by atoms with Crippen molar-refractivity contribution in [2.45, 2.75) is 25.2 Å². The predicted octanol–water partition coefficient (Wildman–Crippen LogP) is 2.04. The molecule has 0 spiro atoms. The minimum Gasteiger partial charge on any atom is -0.406 e. The summed E-state index contributed by atoms with van der Waals surface area (Å²) in [5, 5.41) is 0. The Morgan fingerprint density at radius 2 is 2.16 bits per heavy atom. The molecule has 1 aliphatic heterocycles. The molecule has 1 saturated heterocycles. The zero-order valence-electron chi connectivity index (χ0n) is 9.98. The first-order valence-electron chi connectivity index (χ1n) is 5.78. The lowest BCUT2D eigenvalue weighted by Crippen LogP contribution is -2.40. The van der Waals surface area contributed by atoms with E-state index in [2.05, 4.69) is 4.74 Å². The van der Waals surface area contributed by atoms with Crippen LogP contribution in [-0.4, -0.2) is 24.9 Å². The van der Waals surface area contributed by atoms with Gasteiger partial charge >= 0.3 is 6.36 Å². The van der Waals surface area contributed by atoms with Gasteiger partial charge in [0.25, 0.3) is 0 Å². The van der Waals surface area contributed by atoms with Crippen molar-refractivity contribution in [1.29, 1.82) is 0 Å². The molecule has 1 amide bonds. The number of nitrogens with zero attached hydrogens (tertiary/aromatic N) is 1. The van der Waals surface area contributed by atoms with Crippen molar-refractivity contribution in [2.75, 3.05) is 11.4 Å². The number of hydrogen-bond acceptors (Lipinski definition) is 3. The average Bonchev–Trinajstić information content (AvgIpc) is 2.75. The van der Waals surface area contributed by atoms with Gasteiger partial charge in [-0.25, -0.2) is 0 Å². The van der Waals surface area contributed by atoms with Gasteiger partial charge in [-0.2, -0.15) is 0 Å². The number of halogens is 3. The van der Waals surface area contributed by atoms with Crippen molar-refractivity contribution >= 4 is 11.6 Å². The molecule has 1 aromatic rings. The molecule has 0 bridgehead atoms. The van der Waals surface area contributed by atoms with E-state index in [-0.39, 0.29) is 5.75 Å². The van der Waals surface area contributed by atoms with Crippen molar-refractivity contribution in [3.05, 3.63) is 24.3 Å². The molecule has 1 heterocycles. The predicted molar refractivity (Wildman–Crippen MR) is 62.7 cm³/mol. The minimum atomic E-state index is -4.73. The monoisotopic (exact) mass is 274 g/mol. The third-order valence-electron chi connectivity index (χ3n) is 2.96. The normalized spacial score (nSPS) is 19.5. The van der Waals surface area contributed by atoms with E-state index in [4.69, 9.17) is 5.73 Å². The number of primary amides is 1. The molecule has 1 aliphatic rings. The largest absolute Gasteiger partial charge is 0.573 e. The molecule has 2 N–H and O–H groups in total. The standard InChI is InChI=1S/C12H13F3N2O2/c13-12(14,15)19-9-4-1-3-8(7-9)17-6-2-5-10(17)11(16)18/h1,3-4,7,10H,2,5-6H2,(H2,16,18). The van der Waals surface area contributed by atoms with Crippen molar-refractivity contribution < 1.29 is 22.7 Å². The molecule has 1 atom stereocenters. The van der Waals surface area contributed by atoms with Crippen LogP contribution in [0.25, 0.3) is 0 Å². The van der Waals surface area contributed by atoms with E-state index in [0.29, 0.717) is 18.7 Å². The second-order valence-corrected chi connectivity index (χ2v) is 4.30. The highest BCUT2D eigenvalue weighted by molar-refractivity contribution is 5.84. The zero-order chi connectivity index (χ0) is 14.0. The fourth-order valence-corrected chi connectivity index (χ4v) is 2.23. The van der Waals surface area contributed by atoms with Gasteiger partial charge in [0.05, 0.1) is 0 Å². The first-order chi connectivity index (χ1) is 8.87. The summed E-state index contributed by atoms with van der Waals surface area (Å²) in [4.78, 5) is 13.0. The van der Waals surface area contributed by atoms with Gasteiger partial charge in [-0.15, -0.1) is 13.2 Å². The number of carbonyl (C=O) groups is 1. The van der Waals surface area contributed by atoms with Crippen LogP contribution in [0.5, 0.6) is 5.75 Å². The van der Waals surface area contributed by atoms with Crippen molar-refractivity contribution in [1.82, 2.24) is 0 Å². The van der Waals surface area contributed by atoms with Crippen LogP contribution in [0.3, 0.4) is 0 Å². The van der Waals surface area contributed by atoms with Gasteiger partial charge in [0.15, 0.2) is 0 Å². The molecule has 2 rings (SSSR count). The second-order valence-electron chi connectivity index (χ2n) is 4.30. The number of amides is 1. The van der Waals surface area contributed by atoms with Crippen molar-refractivity contribution in [3.63, 3.8) is 0 Å². The van der Waals surface area contributed by atoms with Gasteiger partial charge in [0.2, 0.25) is 5.91 Å². The Morgan fingerprint density at radius 3 is 2.79 bits per heavy atom. The second kappa shape index (κ2) is 4.99. The Balaban J connectivity index is 2.21. The molecule has 7 heteroatoms. The lowest BCUT2D eigenvalue weighted by Gasteiger charge is -2.24. The van der Waals surface area contributed by atoms with E-state index in [1.807, 2.05) is 0 Å². The van der Waals surface area contributed by atoms with Crippen LogP contribution in [0.4, 0.5) is 18.9 Å². The van der Waals surface area contributed by atoms with E-state index < -0.39 is 18.3 Å². The van der Waals surface area contributed by atoms with Crippen LogP contribution < -0.4 is 15.4 Å². The topological polar surface area (TPSA) is 55.6 Å². The summed E-state index contributed by atoms with van der Waals surface area (Å²) >= 11 is 0. The summed E-state index contributed by atoms with van der Waals surface area (Å²) in [6.45, 7) is 0.586. The minimum absolute atomic E-state index is 0.305. The fourth-order valence-electron chi connectivity index (χ4n) is 2.23. The Morgan fingerprint density at radius 1 is 1.42 bits per heavy atom. The van der Waals surface area contributed by atoms with Gasteiger partial charge < -0.3 is 15.4 Å². The Kier molecular flexibility index (Phi) is 3.55. The molecule has 4 nitrogen and oxygen atoms in total. The smallest absolute Gasteiger partial charge is 0.406 e. The third kappa shape index (κ3) is 3.30. The first kappa shape index (κ1) is 13.5. The fraction of sp³-hybridized carbons (Fsp3) is 0.417. The maximum Gasteiger partial charge on any atom is 0.573 e. The molecule has 0 radical (unpaired) electrons. The van der Waals surface area contributed by atoms with E-state index in [1.165, 1.54) is 18.2 Å². The van der Waals surface area contributed by atoms with Gasteiger partial charge in [0, 0.05) is 18.3 Å². The average molecular weight is 274 g/mol. The van der Waals surface area contributed by atoms with Crippen LogP contribution in [0.2, 0.25) is 0 Å². The Hall–Kier alpha value is -1.92. The molecule has 19 heavy (non-hydrogen) atoms. The summed E-state index contributed by atoms with van der Waals surface area (Å²) in [6, 6.07) is 5.08. The van der Waals surface area contributed by atoms with E-state index in [9.17, 15) is 18.0 Å².